The Morgan fingerprint density at radius 3 is 2.57 bits per heavy atom. The average molecular weight is 381 g/mol. The van der Waals surface area contributed by atoms with E-state index in [9.17, 15) is 4.79 Å². The minimum absolute atomic E-state index is 0.149. The van der Waals surface area contributed by atoms with E-state index in [1.807, 2.05) is 16.5 Å². The van der Waals surface area contributed by atoms with Gasteiger partial charge in [-0.15, -0.1) is 0 Å². The van der Waals surface area contributed by atoms with Gasteiger partial charge >= 0.3 is 0 Å². The van der Waals surface area contributed by atoms with Gasteiger partial charge in [0.1, 0.15) is 0 Å². The van der Waals surface area contributed by atoms with Crippen LogP contribution in [-0.4, -0.2) is 58.7 Å². The van der Waals surface area contributed by atoms with E-state index in [-0.39, 0.29) is 5.91 Å². The van der Waals surface area contributed by atoms with Gasteiger partial charge in [0.05, 0.1) is 11.8 Å². The first-order chi connectivity index (χ1) is 13.5. The number of hydrogen-bond donors (Lipinski definition) is 0. The van der Waals surface area contributed by atoms with Gasteiger partial charge in [0.15, 0.2) is 0 Å². The van der Waals surface area contributed by atoms with Crippen LogP contribution in [0.15, 0.2) is 36.5 Å². The molecule has 1 amide bonds. The number of rotatable bonds is 3. The molecule has 5 nitrogen and oxygen atoms in total. The zero-order valence-electron chi connectivity index (χ0n) is 17.4. The van der Waals surface area contributed by atoms with Crippen molar-refractivity contribution in [2.45, 2.75) is 45.6 Å². The van der Waals surface area contributed by atoms with Crippen LogP contribution >= 0.6 is 0 Å². The molecule has 1 aromatic heterocycles. The fourth-order valence-corrected chi connectivity index (χ4v) is 5.31. The summed E-state index contributed by atoms with van der Waals surface area (Å²) in [5.41, 5.74) is 3.53. The van der Waals surface area contributed by atoms with Crippen LogP contribution in [-0.2, 0) is 6.54 Å². The number of likely N-dealkylation sites (N-methyl/N-ethyl adjacent to an activating group) is 1. The maximum atomic E-state index is 13.0. The Bertz CT molecular complexity index is 820. The maximum Gasteiger partial charge on any atom is 0.257 e. The van der Waals surface area contributed by atoms with Crippen LogP contribution in [0.2, 0.25) is 0 Å². The maximum absolute atomic E-state index is 13.0. The summed E-state index contributed by atoms with van der Waals surface area (Å²) in [6.45, 7) is 8.83. The number of benzene rings is 1. The number of amides is 1. The van der Waals surface area contributed by atoms with Gasteiger partial charge in [0, 0.05) is 38.4 Å². The molecule has 1 atom stereocenters. The molecule has 2 aliphatic rings. The Morgan fingerprint density at radius 1 is 1.21 bits per heavy atom. The summed E-state index contributed by atoms with van der Waals surface area (Å²) in [6.07, 6.45) is 5.16. The summed E-state index contributed by atoms with van der Waals surface area (Å²) >= 11 is 0. The molecule has 2 saturated heterocycles. The van der Waals surface area contributed by atoms with Crippen LogP contribution in [0.5, 0.6) is 0 Å². The smallest absolute Gasteiger partial charge is 0.257 e. The molecule has 1 spiro atoms. The third-order valence-electron chi connectivity index (χ3n) is 6.83. The number of aromatic nitrogens is 2. The van der Waals surface area contributed by atoms with Gasteiger partial charge < -0.3 is 9.80 Å². The molecule has 1 unspecified atom stereocenters. The molecule has 1 aromatic carbocycles. The Kier molecular flexibility index (Phi) is 5.28. The fraction of sp³-hybridized carbons (Fsp3) is 0.565. The van der Waals surface area contributed by atoms with Crippen molar-refractivity contribution in [1.29, 1.82) is 0 Å². The van der Waals surface area contributed by atoms with E-state index in [1.165, 1.54) is 12.0 Å². The lowest BCUT2D eigenvalue weighted by molar-refractivity contribution is 0.0224. The molecule has 150 valence electrons. The van der Waals surface area contributed by atoms with Crippen molar-refractivity contribution < 1.29 is 4.79 Å². The van der Waals surface area contributed by atoms with Crippen LogP contribution in [0.25, 0.3) is 0 Å². The Balaban J connectivity index is 1.45. The summed E-state index contributed by atoms with van der Waals surface area (Å²) in [6, 6.07) is 10.9. The summed E-state index contributed by atoms with van der Waals surface area (Å²) in [7, 11) is 2.25. The van der Waals surface area contributed by atoms with E-state index in [4.69, 9.17) is 0 Å². The van der Waals surface area contributed by atoms with Gasteiger partial charge in [0.2, 0.25) is 0 Å². The standard InChI is InChI=1S/C23H32N4O/c1-4-27-18(2)21(15-24-27)22(28)26-12-10-23(11-13-26)14-20(16-25(3)17-23)19-8-6-5-7-9-19/h5-9,15,20H,4,10-14,16-17H2,1-3H3. The minimum atomic E-state index is 0.149. The van der Waals surface area contributed by atoms with Crippen molar-refractivity contribution in [2.75, 3.05) is 33.2 Å². The van der Waals surface area contributed by atoms with E-state index in [1.54, 1.807) is 6.20 Å². The molecule has 2 aliphatic heterocycles. The fourth-order valence-electron chi connectivity index (χ4n) is 5.31. The topological polar surface area (TPSA) is 41.4 Å². The molecule has 2 aromatic rings. The van der Waals surface area contributed by atoms with Crippen molar-refractivity contribution in [3.05, 3.63) is 53.3 Å². The zero-order valence-corrected chi connectivity index (χ0v) is 17.4. The number of aryl methyl sites for hydroxylation is 1. The first-order valence-electron chi connectivity index (χ1n) is 10.6. The van der Waals surface area contributed by atoms with E-state index in [2.05, 4.69) is 54.3 Å². The highest BCUT2D eigenvalue weighted by Crippen LogP contribution is 2.44. The van der Waals surface area contributed by atoms with Gasteiger partial charge in [-0.2, -0.15) is 5.10 Å². The molecule has 0 saturated carbocycles. The number of hydrogen-bond acceptors (Lipinski definition) is 3. The van der Waals surface area contributed by atoms with E-state index in [0.29, 0.717) is 11.3 Å². The van der Waals surface area contributed by atoms with Crippen LogP contribution < -0.4 is 0 Å². The van der Waals surface area contributed by atoms with Gasteiger partial charge in [0.25, 0.3) is 5.91 Å². The van der Waals surface area contributed by atoms with Gasteiger partial charge in [-0.3, -0.25) is 9.48 Å². The molecular formula is C23H32N4O. The lowest BCUT2D eigenvalue weighted by Gasteiger charge is -2.49. The largest absolute Gasteiger partial charge is 0.339 e. The predicted octanol–water partition coefficient (Wildman–Crippen LogP) is 3.55. The van der Waals surface area contributed by atoms with Gasteiger partial charge in [-0.05, 0) is 57.1 Å². The van der Waals surface area contributed by atoms with Crippen molar-refractivity contribution in [3.8, 4) is 0 Å². The van der Waals surface area contributed by atoms with Crippen LogP contribution in [0.1, 0.15) is 53.7 Å². The first kappa shape index (κ1) is 19.2. The summed E-state index contributed by atoms with van der Waals surface area (Å²) in [4.78, 5) is 17.6. The number of nitrogens with zero attached hydrogens (tertiary/aromatic N) is 4. The van der Waals surface area contributed by atoms with Crippen LogP contribution in [0.4, 0.5) is 0 Å². The molecule has 3 heterocycles. The lowest BCUT2D eigenvalue weighted by atomic mass is 9.68. The summed E-state index contributed by atoms with van der Waals surface area (Å²) in [5, 5.41) is 4.35. The van der Waals surface area contributed by atoms with Crippen molar-refractivity contribution >= 4 is 5.91 Å². The second-order valence-corrected chi connectivity index (χ2v) is 8.76. The minimum Gasteiger partial charge on any atom is -0.339 e. The third kappa shape index (κ3) is 3.60. The zero-order chi connectivity index (χ0) is 19.7. The molecular weight excluding hydrogens is 348 g/mol. The molecule has 0 bridgehead atoms. The summed E-state index contributed by atoms with van der Waals surface area (Å²) < 4.78 is 1.90. The second kappa shape index (κ2) is 7.70. The van der Waals surface area contributed by atoms with E-state index < -0.39 is 0 Å². The average Bonchev–Trinajstić information content (AvgIpc) is 3.08. The summed E-state index contributed by atoms with van der Waals surface area (Å²) in [5.74, 6) is 0.739. The highest BCUT2D eigenvalue weighted by Gasteiger charge is 2.42. The molecule has 2 fully saturated rings. The highest BCUT2D eigenvalue weighted by atomic mass is 16.2. The van der Waals surface area contributed by atoms with E-state index >= 15 is 0 Å². The Hall–Kier alpha value is -2.14. The number of carbonyl (C=O) groups is 1. The monoisotopic (exact) mass is 380 g/mol. The number of likely N-dealkylation sites (tertiary alicyclic amines) is 2. The number of piperidine rings is 2. The lowest BCUT2D eigenvalue weighted by Crippen LogP contribution is -2.51. The van der Waals surface area contributed by atoms with Crippen molar-refractivity contribution in [2.24, 2.45) is 5.41 Å². The van der Waals surface area contributed by atoms with Crippen molar-refractivity contribution in [1.82, 2.24) is 19.6 Å². The quantitative estimate of drug-likeness (QED) is 0.818. The normalized spacial score (nSPS) is 22.5. The SMILES string of the molecule is CCn1ncc(C(=O)N2CCC3(CC2)CC(c2ccccc2)CN(C)C3)c1C. The Labute approximate surface area is 168 Å². The predicted molar refractivity (Wildman–Crippen MR) is 112 cm³/mol. The molecule has 28 heavy (non-hydrogen) atoms. The van der Waals surface area contributed by atoms with Gasteiger partial charge in [-0.1, -0.05) is 30.3 Å². The second-order valence-electron chi connectivity index (χ2n) is 8.76. The van der Waals surface area contributed by atoms with Crippen molar-refractivity contribution in [3.63, 3.8) is 0 Å². The number of carbonyl (C=O) groups excluding carboxylic acids is 1. The van der Waals surface area contributed by atoms with Gasteiger partial charge in [-0.25, -0.2) is 0 Å². The molecule has 0 radical (unpaired) electrons. The van der Waals surface area contributed by atoms with Crippen LogP contribution in [0.3, 0.4) is 0 Å². The first-order valence-corrected chi connectivity index (χ1v) is 10.6. The molecule has 0 N–H and O–H groups in total. The molecule has 5 heteroatoms. The third-order valence-corrected chi connectivity index (χ3v) is 6.83. The molecule has 0 aliphatic carbocycles. The Morgan fingerprint density at radius 2 is 1.93 bits per heavy atom. The van der Waals surface area contributed by atoms with E-state index in [0.717, 1.165) is 56.8 Å². The van der Waals surface area contributed by atoms with Crippen LogP contribution in [0, 0.1) is 12.3 Å². The highest BCUT2D eigenvalue weighted by molar-refractivity contribution is 5.95. The molecule has 4 rings (SSSR count).